The van der Waals surface area contributed by atoms with Gasteiger partial charge in [0.1, 0.15) is 10.6 Å². The van der Waals surface area contributed by atoms with Crippen molar-refractivity contribution in [1.82, 2.24) is 9.97 Å². The van der Waals surface area contributed by atoms with Gasteiger partial charge in [-0.15, -0.1) is 11.3 Å². The number of aliphatic hydroxyl groups is 1. The van der Waals surface area contributed by atoms with E-state index in [-0.39, 0.29) is 5.28 Å². The SMILES string of the molecule is Cc1cc2c(NCC(O)c3ccccc3)nc(Cl)nc2s1. The first-order valence-electron chi connectivity index (χ1n) is 6.54. The van der Waals surface area contributed by atoms with E-state index >= 15 is 0 Å². The van der Waals surface area contributed by atoms with Crippen LogP contribution in [0.5, 0.6) is 0 Å². The number of rotatable bonds is 4. The zero-order valence-electron chi connectivity index (χ0n) is 11.4. The zero-order valence-corrected chi connectivity index (χ0v) is 12.9. The number of thiophene rings is 1. The van der Waals surface area contributed by atoms with Gasteiger partial charge in [-0.25, -0.2) is 9.97 Å². The molecule has 0 aliphatic rings. The Labute approximate surface area is 131 Å². The molecule has 0 fully saturated rings. The van der Waals surface area contributed by atoms with Crippen molar-refractivity contribution in [2.75, 3.05) is 11.9 Å². The summed E-state index contributed by atoms with van der Waals surface area (Å²) < 4.78 is 0. The van der Waals surface area contributed by atoms with Gasteiger partial charge in [0.15, 0.2) is 0 Å². The molecule has 4 nitrogen and oxygen atoms in total. The number of aliphatic hydroxyl groups excluding tert-OH is 1. The van der Waals surface area contributed by atoms with E-state index in [2.05, 4.69) is 15.3 Å². The van der Waals surface area contributed by atoms with E-state index in [9.17, 15) is 5.11 Å². The van der Waals surface area contributed by atoms with Gasteiger partial charge in [0.25, 0.3) is 0 Å². The summed E-state index contributed by atoms with van der Waals surface area (Å²) in [4.78, 5) is 10.4. The first-order valence-corrected chi connectivity index (χ1v) is 7.73. The molecule has 6 heteroatoms. The lowest BCUT2D eigenvalue weighted by Crippen LogP contribution is -2.13. The molecule has 0 bridgehead atoms. The minimum absolute atomic E-state index is 0.209. The van der Waals surface area contributed by atoms with Crippen LogP contribution in [-0.2, 0) is 0 Å². The molecule has 1 aromatic carbocycles. The normalized spacial score (nSPS) is 12.5. The predicted octanol–water partition coefficient (Wildman–Crippen LogP) is 3.80. The van der Waals surface area contributed by atoms with Gasteiger partial charge in [-0.1, -0.05) is 30.3 Å². The van der Waals surface area contributed by atoms with Crippen LogP contribution in [-0.4, -0.2) is 21.6 Å². The summed E-state index contributed by atoms with van der Waals surface area (Å²) in [5.41, 5.74) is 0.864. The van der Waals surface area contributed by atoms with Crippen LogP contribution in [0.1, 0.15) is 16.5 Å². The maximum atomic E-state index is 10.2. The van der Waals surface area contributed by atoms with Crippen molar-refractivity contribution in [1.29, 1.82) is 0 Å². The van der Waals surface area contributed by atoms with Crippen molar-refractivity contribution in [2.24, 2.45) is 0 Å². The Hall–Kier alpha value is -1.69. The van der Waals surface area contributed by atoms with Gasteiger partial charge in [-0.3, -0.25) is 0 Å². The largest absolute Gasteiger partial charge is 0.387 e. The van der Waals surface area contributed by atoms with Crippen LogP contribution in [0.3, 0.4) is 0 Å². The maximum absolute atomic E-state index is 10.2. The molecule has 0 aliphatic carbocycles. The van der Waals surface area contributed by atoms with Gasteiger partial charge >= 0.3 is 0 Å². The first-order chi connectivity index (χ1) is 10.1. The van der Waals surface area contributed by atoms with Gasteiger partial charge in [-0.2, -0.15) is 0 Å². The fourth-order valence-electron chi connectivity index (χ4n) is 2.14. The number of anilines is 1. The monoisotopic (exact) mass is 319 g/mol. The third kappa shape index (κ3) is 3.15. The second-order valence-electron chi connectivity index (χ2n) is 4.72. The quantitative estimate of drug-likeness (QED) is 0.718. The molecule has 0 saturated heterocycles. The fraction of sp³-hybridized carbons (Fsp3) is 0.200. The van der Waals surface area contributed by atoms with Crippen LogP contribution < -0.4 is 5.32 Å². The van der Waals surface area contributed by atoms with Crippen molar-refractivity contribution >= 4 is 39.0 Å². The van der Waals surface area contributed by atoms with Crippen molar-refractivity contribution in [3.8, 4) is 0 Å². The number of hydrogen-bond donors (Lipinski definition) is 2. The van der Waals surface area contributed by atoms with Crippen LogP contribution in [0.15, 0.2) is 36.4 Å². The van der Waals surface area contributed by atoms with Gasteiger partial charge in [0.2, 0.25) is 5.28 Å². The summed E-state index contributed by atoms with van der Waals surface area (Å²) in [6.45, 7) is 2.38. The van der Waals surface area contributed by atoms with Gasteiger partial charge in [-0.05, 0) is 30.2 Å². The van der Waals surface area contributed by atoms with Crippen molar-refractivity contribution in [3.05, 3.63) is 52.1 Å². The van der Waals surface area contributed by atoms with Crippen LogP contribution in [0.25, 0.3) is 10.2 Å². The molecular formula is C15H14ClN3OS. The van der Waals surface area contributed by atoms with Crippen LogP contribution in [0.2, 0.25) is 5.28 Å². The molecule has 1 unspecified atom stereocenters. The van der Waals surface area contributed by atoms with Crippen molar-refractivity contribution < 1.29 is 5.11 Å². The summed E-state index contributed by atoms with van der Waals surface area (Å²) >= 11 is 7.52. The highest BCUT2D eigenvalue weighted by Gasteiger charge is 2.12. The molecule has 1 atom stereocenters. The van der Waals surface area contributed by atoms with Crippen LogP contribution >= 0.6 is 22.9 Å². The Morgan fingerprint density at radius 1 is 1.29 bits per heavy atom. The number of nitrogens with zero attached hydrogens (tertiary/aromatic N) is 2. The van der Waals surface area contributed by atoms with E-state index in [4.69, 9.17) is 11.6 Å². The first kappa shape index (κ1) is 14.3. The molecule has 108 valence electrons. The lowest BCUT2D eigenvalue weighted by atomic mass is 10.1. The molecule has 2 N–H and O–H groups in total. The molecular weight excluding hydrogens is 306 g/mol. The van der Waals surface area contributed by atoms with E-state index < -0.39 is 6.10 Å². The third-order valence-electron chi connectivity index (χ3n) is 3.14. The van der Waals surface area contributed by atoms with Crippen LogP contribution in [0.4, 0.5) is 5.82 Å². The molecule has 2 heterocycles. The fourth-order valence-corrected chi connectivity index (χ4v) is 3.24. The number of halogens is 1. The minimum Gasteiger partial charge on any atom is -0.387 e. The van der Waals surface area contributed by atoms with Gasteiger partial charge in [0, 0.05) is 11.4 Å². The highest BCUT2D eigenvalue weighted by Crippen LogP contribution is 2.29. The Morgan fingerprint density at radius 3 is 2.81 bits per heavy atom. The summed E-state index contributed by atoms with van der Waals surface area (Å²) in [6, 6.07) is 11.5. The average molecular weight is 320 g/mol. The number of aromatic nitrogens is 2. The molecule has 3 aromatic rings. The highest BCUT2D eigenvalue weighted by molar-refractivity contribution is 7.18. The molecule has 3 rings (SSSR count). The Balaban J connectivity index is 1.82. The molecule has 0 radical (unpaired) electrons. The maximum Gasteiger partial charge on any atom is 0.225 e. The standard InChI is InChI=1S/C15H14ClN3OS/c1-9-7-11-13(18-15(16)19-14(11)21-9)17-8-12(20)10-5-3-2-4-6-10/h2-7,12,20H,8H2,1H3,(H,17,18,19). The minimum atomic E-state index is -0.602. The van der Waals surface area contributed by atoms with Crippen molar-refractivity contribution in [2.45, 2.75) is 13.0 Å². The average Bonchev–Trinajstić information content (AvgIpc) is 2.85. The second-order valence-corrected chi connectivity index (χ2v) is 6.30. The summed E-state index contributed by atoms with van der Waals surface area (Å²) in [5.74, 6) is 0.657. The lowest BCUT2D eigenvalue weighted by molar-refractivity contribution is 0.191. The van der Waals surface area contributed by atoms with Gasteiger partial charge < -0.3 is 10.4 Å². The third-order valence-corrected chi connectivity index (χ3v) is 4.25. The molecule has 0 amide bonds. The van der Waals surface area contributed by atoms with E-state index in [1.54, 1.807) is 11.3 Å². The second kappa shape index (κ2) is 5.97. The van der Waals surface area contributed by atoms with E-state index in [1.165, 1.54) is 0 Å². The molecule has 2 aromatic heterocycles. The number of benzene rings is 1. The topological polar surface area (TPSA) is 58.0 Å². The van der Waals surface area contributed by atoms with E-state index in [0.717, 1.165) is 20.7 Å². The number of aryl methyl sites for hydroxylation is 1. The van der Waals surface area contributed by atoms with E-state index in [1.807, 2.05) is 43.3 Å². The molecule has 0 saturated carbocycles. The lowest BCUT2D eigenvalue weighted by Gasteiger charge is -2.13. The number of nitrogens with one attached hydrogen (secondary N) is 1. The molecule has 0 spiro atoms. The Morgan fingerprint density at radius 2 is 2.05 bits per heavy atom. The predicted molar refractivity (Wildman–Crippen MR) is 87.1 cm³/mol. The zero-order chi connectivity index (χ0) is 14.8. The summed E-state index contributed by atoms with van der Waals surface area (Å²) in [7, 11) is 0. The highest BCUT2D eigenvalue weighted by atomic mass is 35.5. The van der Waals surface area contributed by atoms with Gasteiger partial charge in [0.05, 0.1) is 11.5 Å². The number of fused-ring (bicyclic) bond motifs is 1. The van der Waals surface area contributed by atoms with E-state index in [0.29, 0.717) is 12.4 Å². The summed E-state index contributed by atoms with van der Waals surface area (Å²) in [6.07, 6.45) is -0.602. The molecule has 21 heavy (non-hydrogen) atoms. The smallest absolute Gasteiger partial charge is 0.225 e. The van der Waals surface area contributed by atoms with Crippen LogP contribution in [0, 0.1) is 6.92 Å². The Kier molecular flexibility index (Phi) is 4.05. The van der Waals surface area contributed by atoms with Crippen molar-refractivity contribution in [3.63, 3.8) is 0 Å². The Bertz CT molecular complexity index is 760. The summed E-state index contributed by atoms with van der Waals surface area (Å²) in [5, 5.41) is 14.5. The molecule has 0 aliphatic heterocycles. The number of hydrogen-bond acceptors (Lipinski definition) is 5.